The molecule has 108 valence electrons. The molecular formula is C17H17BrN2O. The summed E-state index contributed by atoms with van der Waals surface area (Å²) in [6.07, 6.45) is 0.734. The van der Waals surface area contributed by atoms with Crippen molar-refractivity contribution < 1.29 is 4.79 Å². The van der Waals surface area contributed by atoms with Gasteiger partial charge < -0.3 is 10.6 Å². The van der Waals surface area contributed by atoms with Crippen molar-refractivity contribution in [2.75, 3.05) is 5.32 Å². The Balaban J connectivity index is 1.72. The summed E-state index contributed by atoms with van der Waals surface area (Å²) in [6.45, 7) is 2.73. The summed E-state index contributed by atoms with van der Waals surface area (Å²) >= 11 is 3.43. The van der Waals surface area contributed by atoms with Gasteiger partial charge in [-0.15, -0.1) is 0 Å². The van der Waals surface area contributed by atoms with E-state index in [1.54, 1.807) is 0 Å². The van der Waals surface area contributed by atoms with Crippen LogP contribution in [0.4, 0.5) is 5.69 Å². The van der Waals surface area contributed by atoms with Crippen LogP contribution in [0.1, 0.15) is 16.7 Å². The number of anilines is 1. The molecule has 1 atom stereocenters. The number of aryl methyl sites for hydroxylation is 1. The Labute approximate surface area is 132 Å². The maximum atomic E-state index is 12.4. The molecule has 0 aromatic heterocycles. The topological polar surface area (TPSA) is 41.1 Å². The summed E-state index contributed by atoms with van der Waals surface area (Å²) in [4.78, 5) is 12.4. The molecule has 3 nitrogen and oxygen atoms in total. The number of benzene rings is 2. The first-order valence-corrected chi connectivity index (χ1v) is 7.80. The van der Waals surface area contributed by atoms with Gasteiger partial charge in [-0.25, -0.2) is 0 Å². The van der Waals surface area contributed by atoms with Crippen LogP contribution in [0.5, 0.6) is 0 Å². The van der Waals surface area contributed by atoms with Crippen LogP contribution in [0.25, 0.3) is 0 Å². The molecule has 2 aromatic rings. The number of hydrogen-bond acceptors (Lipinski definition) is 2. The third-order valence-electron chi connectivity index (χ3n) is 3.84. The van der Waals surface area contributed by atoms with Crippen molar-refractivity contribution in [3.8, 4) is 0 Å². The van der Waals surface area contributed by atoms with E-state index in [2.05, 4.69) is 38.7 Å². The molecule has 1 heterocycles. The molecular weight excluding hydrogens is 328 g/mol. The van der Waals surface area contributed by atoms with Crippen LogP contribution in [0, 0.1) is 6.92 Å². The highest BCUT2D eigenvalue weighted by atomic mass is 79.9. The van der Waals surface area contributed by atoms with E-state index >= 15 is 0 Å². The Kier molecular flexibility index (Phi) is 4.08. The summed E-state index contributed by atoms with van der Waals surface area (Å²) in [6, 6.07) is 13.9. The minimum Gasteiger partial charge on any atom is -0.324 e. The van der Waals surface area contributed by atoms with Crippen molar-refractivity contribution in [2.24, 2.45) is 0 Å². The first-order valence-electron chi connectivity index (χ1n) is 7.00. The van der Waals surface area contributed by atoms with Gasteiger partial charge in [-0.05, 0) is 48.2 Å². The van der Waals surface area contributed by atoms with Crippen molar-refractivity contribution in [3.05, 3.63) is 63.6 Å². The molecule has 1 amide bonds. The average molecular weight is 345 g/mol. The zero-order valence-electron chi connectivity index (χ0n) is 11.8. The maximum Gasteiger partial charge on any atom is 0.241 e. The summed E-state index contributed by atoms with van der Waals surface area (Å²) < 4.78 is 1.02. The molecule has 0 radical (unpaired) electrons. The van der Waals surface area contributed by atoms with Gasteiger partial charge in [0.25, 0.3) is 0 Å². The normalized spacial score (nSPS) is 17.1. The molecule has 2 aromatic carbocycles. The highest BCUT2D eigenvalue weighted by molar-refractivity contribution is 9.10. The highest BCUT2D eigenvalue weighted by Gasteiger charge is 2.24. The Morgan fingerprint density at radius 1 is 1.24 bits per heavy atom. The second kappa shape index (κ2) is 6.00. The number of amides is 1. The van der Waals surface area contributed by atoms with E-state index in [1.807, 2.05) is 37.3 Å². The molecule has 3 rings (SSSR count). The summed E-state index contributed by atoms with van der Waals surface area (Å²) in [5.41, 5.74) is 4.45. The average Bonchev–Trinajstić information content (AvgIpc) is 2.49. The molecule has 1 aliphatic heterocycles. The van der Waals surface area contributed by atoms with Crippen LogP contribution in [0.2, 0.25) is 0 Å². The van der Waals surface area contributed by atoms with Gasteiger partial charge in [0, 0.05) is 16.7 Å². The second-order valence-corrected chi connectivity index (χ2v) is 6.27. The fourth-order valence-corrected chi connectivity index (χ4v) is 3.10. The molecule has 4 heteroatoms. The van der Waals surface area contributed by atoms with Crippen molar-refractivity contribution in [1.82, 2.24) is 5.32 Å². The SMILES string of the molecule is Cc1cc(Br)ccc1NC(=O)[C@@H]1Cc2ccccc2CN1. The van der Waals surface area contributed by atoms with Crippen LogP contribution >= 0.6 is 15.9 Å². The molecule has 1 aliphatic rings. The number of rotatable bonds is 2. The van der Waals surface area contributed by atoms with Crippen LogP contribution in [-0.2, 0) is 17.8 Å². The van der Waals surface area contributed by atoms with Crippen molar-refractivity contribution in [3.63, 3.8) is 0 Å². The lowest BCUT2D eigenvalue weighted by atomic mass is 9.95. The van der Waals surface area contributed by atoms with Gasteiger partial charge in [0.2, 0.25) is 5.91 Å². The molecule has 2 N–H and O–H groups in total. The second-order valence-electron chi connectivity index (χ2n) is 5.35. The molecule has 0 aliphatic carbocycles. The molecule has 0 unspecified atom stereocenters. The van der Waals surface area contributed by atoms with Gasteiger partial charge in [-0.1, -0.05) is 40.2 Å². The number of nitrogens with one attached hydrogen (secondary N) is 2. The minimum absolute atomic E-state index is 0.0231. The monoisotopic (exact) mass is 344 g/mol. The van der Waals surface area contributed by atoms with E-state index < -0.39 is 0 Å². The third kappa shape index (κ3) is 3.17. The largest absolute Gasteiger partial charge is 0.324 e. The Morgan fingerprint density at radius 3 is 2.76 bits per heavy atom. The Hall–Kier alpha value is -1.65. The number of halogens is 1. The molecule has 0 bridgehead atoms. The lowest BCUT2D eigenvalue weighted by molar-refractivity contribution is -0.118. The van der Waals surface area contributed by atoms with Crippen molar-refractivity contribution in [2.45, 2.75) is 25.9 Å². The predicted octanol–water partition coefficient (Wildman–Crippen LogP) is 3.41. The fraction of sp³-hybridized carbons (Fsp3) is 0.235. The minimum atomic E-state index is -0.178. The quantitative estimate of drug-likeness (QED) is 0.876. The molecule has 0 saturated carbocycles. The van der Waals surface area contributed by atoms with E-state index in [9.17, 15) is 4.79 Å². The standard InChI is InChI=1S/C17H17BrN2O/c1-11-8-14(18)6-7-15(11)20-17(21)16-9-12-4-2-3-5-13(12)10-19-16/h2-8,16,19H,9-10H2,1H3,(H,20,21)/t16-/m0/s1. The van der Waals surface area contributed by atoms with Crippen LogP contribution < -0.4 is 10.6 Å². The van der Waals surface area contributed by atoms with Gasteiger partial charge >= 0.3 is 0 Å². The smallest absolute Gasteiger partial charge is 0.241 e. The lowest BCUT2D eigenvalue weighted by Gasteiger charge is -2.25. The summed E-state index contributed by atoms with van der Waals surface area (Å²) in [5, 5.41) is 6.32. The molecule has 21 heavy (non-hydrogen) atoms. The predicted molar refractivity (Wildman–Crippen MR) is 88.3 cm³/mol. The van der Waals surface area contributed by atoms with Gasteiger partial charge in [-0.2, -0.15) is 0 Å². The third-order valence-corrected chi connectivity index (χ3v) is 4.34. The number of carbonyl (C=O) groups excluding carboxylic acids is 1. The molecule has 0 spiro atoms. The van der Waals surface area contributed by atoms with Gasteiger partial charge in [0.15, 0.2) is 0 Å². The Bertz CT molecular complexity index is 684. The van der Waals surface area contributed by atoms with Crippen LogP contribution in [0.3, 0.4) is 0 Å². The van der Waals surface area contributed by atoms with Gasteiger partial charge in [0.05, 0.1) is 6.04 Å². The van der Waals surface area contributed by atoms with E-state index in [4.69, 9.17) is 0 Å². The first kappa shape index (κ1) is 14.3. The first-order chi connectivity index (χ1) is 10.1. The van der Waals surface area contributed by atoms with Crippen molar-refractivity contribution >= 4 is 27.5 Å². The van der Waals surface area contributed by atoms with Crippen LogP contribution in [0.15, 0.2) is 46.9 Å². The van der Waals surface area contributed by atoms with Gasteiger partial charge in [0.1, 0.15) is 0 Å². The zero-order valence-corrected chi connectivity index (χ0v) is 13.4. The molecule has 0 fully saturated rings. The molecule has 0 saturated heterocycles. The summed E-state index contributed by atoms with van der Waals surface area (Å²) in [7, 11) is 0. The van der Waals surface area contributed by atoms with Crippen LogP contribution in [-0.4, -0.2) is 11.9 Å². The van der Waals surface area contributed by atoms with E-state index in [-0.39, 0.29) is 11.9 Å². The Morgan fingerprint density at radius 2 is 2.00 bits per heavy atom. The number of fused-ring (bicyclic) bond motifs is 1. The maximum absolute atomic E-state index is 12.4. The van der Waals surface area contributed by atoms with Crippen molar-refractivity contribution in [1.29, 1.82) is 0 Å². The lowest BCUT2D eigenvalue weighted by Crippen LogP contribution is -2.44. The fourth-order valence-electron chi connectivity index (χ4n) is 2.63. The summed E-state index contributed by atoms with van der Waals surface area (Å²) in [5.74, 6) is 0.0231. The highest BCUT2D eigenvalue weighted by Crippen LogP contribution is 2.21. The van der Waals surface area contributed by atoms with E-state index in [0.29, 0.717) is 0 Å². The van der Waals surface area contributed by atoms with E-state index in [1.165, 1.54) is 11.1 Å². The zero-order chi connectivity index (χ0) is 14.8. The number of carbonyl (C=O) groups is 1. The number of hydrogen-bond donors (Lipinski definition) is 2. The van der Waals surface area contributed by atoms with Gasteiger partial charge in [-0.3, -0.25) is 4.79 Å². The van der Waals surface area contributed by atoms with E-state index in [0.717, 1.165) is 28.7 Å².